The molecule has 1 aromatic carbocycles. The SMILES string of the molecule is CCC(CCl)NCc1ccc(OC)c(F)c1. The predicted molar refractivity (Wildman–Crippen MR) is 64.6 cm³/mol. The van der Waals surface area contributed by atoms with E-state index in [2.05, 4.69) is 12.2 Å². The van der Waals surface area contributed by atoms with Crippen LogP contribution < -0.4 is 10.1 Å². The van der Waals surface area contributed by atoms with Gasteiger partial charge in [-0.3, -0.25) is 0 Å². The first-order chi connectivity index (χ1) is 7.71. The Morgan fingerprint density at radius 1 is 1.50 bits per heavy atom. The van der Waals surface area contributed by atoms with Gasteiger partial charge in [0.2, 0.25) is 0 Å². The molecule has 1 rings (SSSR count). The second-order valence-corrected chi connectivity index (χ2v) is 3.92. The van der Waals surface area contributed by atoms with E-state index in [0.717, 1.165) is 12.0 Å². The van der Waals surface area contributed by atoms with E-state index in [-0.39, 0.29) is 17.6 Å². The first kappa shape index (κ1) is 13.3. The zero-order valence-electron chi connectivity index (χ0n) is 9.59. The Morgan fingerprint density at radius 3 is 2.75 bits per heavy atom. The van der Waals surface area contributed by atoms with Gasteiger partial charge in [0.1, 0.15) is 0 Å². The van der Waals surface area contributed by atoms with E-state index < -0.39 is 0 Å². The molecule has 16 heavy (non-hydrogen) atoms. The molecule has 1 aromatic rings. The Balaban J connectivity index is 2.58. The van der Waals surface area contributed by atoms with Crippen molar-refractivity contribution in [2.45, 2.75) is 25.9 Å². The van der Waals surface area contributed by atoms with Crippen LogP contribution >= 0.6 is 11.6 Å². The molecular formula is C12H17ClFNO. The van der Waals surface area contributed by atoms with Crippen LogP contribution in [-0.2, 0) is 6.54 Å². The van der Waals surface area contributed by atoms with Crippen LogP contribution in [0.5, 0.6) is 5.75 Å². The molecule has 0 aliphatic carbocycles. The number of benzene rings is 1. The van der Waals surface area contributed by atoms with Gasteiger partial charge in [0.05, 0.1) is 7.11 Å². The summed E-state index contributed by atoms with van der Waals surface area (Å²) in [6.07, 6.45) is 0.960. The summed E-state index contributed by atoms with van der Waals surface area (Å²) in [4.78, 5) is 0. The van der Waals surface area contributed by atoms with Gasteiger partial charge in [-0.1, -0.05) is 13.0 Å². The van der Waals surface area contributed by atoms with E-state index in [9.17, 15) is 4.39 Å². The van der Waals surface area contributed by atoms with Crippen LogP contribution in [0.15, 0.2) is 18.2 Å². The maximum Gasteiger partial charge on any atom is 0.165 e. The normalized spacial score (nSPS) is 12.5. The minimum absolute atomic E-state index is 0.270. The van der Waals surface area contributed by atoms with Crippen molar-refractivity contribution in [3.05, 3.63) is 29.6 Å². The Bertz CT molecular complexity index is 329. The third-order valence-electron chi connectivity index (χ3n) is 2.49. The number of ether oxygens (including phenoxy) is 1. The minimum Gasteiger partial charge on any atom is -0.494 e. The Morgan fingerprint density at radius 2 is 2.25 bits per heavy atom. The standard InChI is InChI=1S/C12H17ClFNO/c1-3-10(7-13)15-8-9-4-5-12(16-2)11(14)6-9/h4-6,10,15H,3,7-8H2,1-2H3. The molecule has 0 aromatic heterocycles. The lowest BCUT2D eigenvalue weighted by atomic mass is 10.2. The van der Waals surface area contributed by atoms with E-state index in [1.807, 2.05) is 6.07 Å². The van der Waals surface area contributed by atoms with Crippen molar-refractivity contribution in [2.24, 2.45) is 0 Å². The molecule has 2 nitrogen and oxygen atoms in total. The average molecular weight is 246 g/mol. The number of halogens is 2. The van der Waals surface area contributed by atoms with Crippen LogP contribution in [0.25, 0.3) is 0 Å². The molecule has 0 amide bonds. The number of hydrogen-bond acceptors (Lipinski definition) is 2. The summed E-state index contributed by atoms with van der Waals surface area (Å²) < 4.78 is 18.2. The Hall–Kier alpha value is -0.800. The van der Waals surface area contributed by atoms with E-state index in [4.69, 9.17) is 16.3 Å². The molecule has 0 heterocycles. The molecule has 90 valence electrons. The lowest BCUT2D eigenvalue weighted by Gasteiger charge is -2.13. The highest BCUT2D eigenvalue weighted by molar-refractivity contribution is 6.18. The van der Waals surface area contributed by atoms with Crippen LogP contribution in [0, 0.1) is 5.82 Å². The van der Waals surface area contributed by atoms with E-state index >= 15 is 0 Å². The van der Waals surface area contributed by atoms with Crippen LogP contribution in [0.3, 0.4) is 0 Å². The molecule has 1 N–H and O–H groups in total. The lowest BCUT2D eigenvalue weighted by molar-refractivity contribution is 0.386. The van der Waals surface area contributed by atoms with Gasteiger partial charge in [0, 0.05) is 18.5 Å². The van der Waals surface area contributed by atoms with Crippen molar-refractivity contribution in [1.82, 2.24) is 5.32 Å². The van der Waals surface area contributed by atoms with Crippen LogP contribution in [0.1, 0.15) is 18.9 Å². The monoisotopic (exact) mass is 245 g/mol. The highest BCUT2D eigenvalue weighted by Gasteiger charge is 2.06. The predicted octanol–water partition coefficient (Wildman–Crippen LogP) is 2.94. The Kier molecular flexibility index (Phi) is 5.56. The molecule has 0 aliphatic rings. The van der Waals surface area contributed by atoms with Gasteiger partial charge in [0.25, 0.3) is 0 Å². The summed E-state index contributed by atoms with van der Waals surface area (Å²) in [6, 6.07) is 5.23. The molecule has 0 bridgehead atoms. The number of nitrogens with one attached hydrogen (secondary N) is 1. The van der Waals surface area contributed by atoms with Gasteiger partial charge >= 0.3 is 0 Å². The molecule has 0 fully saturated rings. The smallest absolute Gasteiger partial charge is 0.165 e. The van der Waals surface area contributed by atoms with Gasteiger partial charge in [-0.15, -0.1) is 11.6 Å². The third-order valence-corrected chi connectivity index (χ3v) is 2.86. The quantitative estimate of drug-likeness (QED) is 0.778. The molecule has 0 saturated heterocycles. The van der Waals surface area contributed by atoms with Crippen molar-refractivity contribution in [1.29, 1.82) is 0 Å². The topological polar surface area (TPSA) is 21.3 Å². The molecule has 1 unspecified atom stereocenters. The zero-order valence-corrected chi connectivity index (χ0v) is 10.4. The first-order valence-electron chi connectivity index (χ1n) is 5.33. The zero-order chi connectivity index (χ0) is 12.0. The van der Waals surface area contributed by atoms with E-state index in [0.29, 0.717) is 12.4 Å². The molecule has 4 heteroatoms. The number of methoxy groups -OCH3 is 1. The summed E-state index contributed by atoms with van der Waals surface area (Å²) >= 11 is 5.76. The molecule has 0 aliphatic heterocycles. The van der Waals surface area contributed by atoms with Gasteiger partial charge < -0.3 is 10.1 Å². The third kappa shape index (κ3) is 3.65. The second kappa shape index (κ2) is 6.71. The van der Waals surface area contributed by atoms with Gasteiger partial charge in [-0.25, -0.2) is 4.39 Å². The van der Waals surface area contributed by atoms with Crippen molar-refractivity contribution >= 4 is 11.6 Å². The van der Waals surface area contributed by atoms with Crippen molar-refractivity contribution in [2.75, 3.05) is 13.0 Å². The van der Waals surface area contributed by atoms with Gasteiger partial charge in [-0.2, -0.15) is 0 Å². The van der Waals surface area contributed by atoms with E-state index in [1.165, 1.54) is 13.2 Å². The summed E-state index contributed by atoms with van der Waals surface area (Å²) in [5.41, 5.74) is 0.891. The van der Waals surface area contributed by atoms with Crippen LogP contribution in [0.2, 0.25) is 0 Å². The fourth-order valence-electron chi connectivity index (χ4n) is 1.39. The fourth-order valence-corrected chi connectivity index (χ4v) is 1.72. The maximum absolute atomic E-state index is 13.4. The molecule has 0 spiro atoms. The van der Waals surface area contributed by atoms with Gasteiger partial charge in [0.15, 0.2) is 11.6 Å². The highest BCUT2D eigenvalue weighted by atomic mass is 35.5. The van der Waals surface area contributed by atoms with Crippen molar-refractivity contribution in [3.8, 4) is 5.75 Å². The Labute approximate surface area is 101 Å². The number of hydrogen-bond donors (Lipinski definition) is 1. The van der Waals surface area contributed by atoms with Crippen LogP contribution in [0.4, 0.5) is 4.39 Å². The second-order valence-electron chi connectivity index (χ2n) is 3.61. The number of alkyl halides is 1. The van der Waals surface area contributed by atoms with Crippen molar-refractivity contribution < 1.29 is 9.13 Å². The molecule has 0 radical (unpaired) electrons. The van der Waals surface area contributed by atoms with Crippen molar-refractivity contribution in [3.63, 3.8) is 0 Å². The van der Waals surface area contributed by atoms with Gasteiger partial charge in [-0.05, 0) is 24.1 Å². The molecule has 0 saturated carbocycles. The average Bonchev–Trinajstić information content (AvgIpc) is 2.30. The molecule has 1 atom stereocenters. The van der Waals surface area contributed by atoms with Crippen LogP contribution in [-0.4, -0.2) is 19.0 Å². The first-order valence-corrected chi connectivity index (χ1v) is 5.86. The highest BCUT2D eigenvalue weighted by Crippen LogP contribution is 2.17. The number of rotatable bonds is 6. The summed E-state index contributed by atoms with van der Waals surface area (Å²) in [5.74, 6) is 0.503. The lowest BCUT2D eigenvalue weighted by Crippen LogP contribution is -2.29. The van der Waals surface area contributed by atoms with E-state index in [1.54, 1.807) is 6.07 Å². The maximum atomic E-state index is 13.4. The fraction of sp³-hybridized carbons (Fsp3) is 0.500. The summed E-state index contributed by atoms with van der Waals surface area (Å²) in [5, 5.41) is 3.26. The summed E-state index contributed by atoms with van der Waals surface area (Å²) in [7, 11) is 1.46. The minimum atomic E-state index is -0.333. The summed E-state index contributed by atoms with van der Waals surface area (Å²) in [6.45, 7) is 2.68. The largest absolute Gasteiger partial charge is 0.494 e. The molecular weight excluding hydrogens is 229 g/mol.